The molecule has 1 aromatic carbocycles. The summed E-state index contributed by atoms with van der Waals surface area (Å²) in [6.07, 6.45) is 1.84. The van der Waals surface area contributed by atoms with Crippen LogP contribution in [0.2, 0.25) is 5.02 Å². The summed E-state index contributed by atoms with van der Waals surface area (Å²) in [6, 6.07) is 5.05. The largest absolute Gasteiger partial charge is 0.496 e. The summed E-state index contributed by atoms with van der Waals surface area (Å²) in [5.41, 5.74) is -0.505. The van der Waals surface area contributed by atoms with Gasteiger partial charge < -0.3 is 9.84 Å². The number of aliphatic carboxylic acids is 1. The number of carboxylic acids is 1. The third-order valence-electron chi connectivity index (χ3n) is 3.86. The quantitative estimate of drug-likeness (QED) is 0.928. The fourth-order valence-electron chi connectivity index (χ4n) is 2.53. The molecule has 1 heterocycles. The zero-order valence-corrected chi connectivity index (χ0v) is 12.0. The van der Waals surface area contributed by atoms with Crippen LogP contribution in [0.3, 0.4) is 0 Å². The standard InChI is InChI=1S/C13H13ClN4O3/c1-21-10-4-3-8(14)7-9(10)11-15-16-17-18(11)13(12(19)20)5-2-6-13/h3-4,7H,2,5-6H2,1H3,(H,19,20). The van der Waals surface area contributed by atoms with Crippen LogP contribution in [0.4, 0.5) is 0 Å². The maximum atomic E-state index is 11.6. The number of carbonyl (C=O) groups is 1. The van der Waals surface area contributed by atoms with Gasteiger partial charge in [0.2, 0.25) is 0 Å². The Morgan fingerprint density at radius 1 is 1.48 bits per heavy atom. The number of hydrogen-bond acceptors (Lipinski definition) is 5. The Kier molecular flexibility index (Phi) is 3.29. The first-order valence-electron chi connectivity index (χ1n) is 6.45. The monoisotopic (exact) mass is 308 g/mol. The van der Waals surface area contributed by atoms with E-state index in [-0.39, 0.29) is 0 Å². The lowest BCUT2D eigenvalue weighted by Gasteiger charge is -2.37. The van der Waals surface area contributed by atoms with Crippen LogP contribution >= 0.6 is 11.6 Å². The molecule has 0 saturated heterocycles. The molecule has 1 aromatic heterocycles. The maximum absolute atomic E-state index is 11.6. The highest BCUT2D eigenvalue weighted by Gasteiger charge is 2.49. The van der Waals surface area contributed by atoms with Crippen molar-refractivity contribution in [3.63, 3.8) is 0 Å². The van der Waals surface area contributed by atoms with Crippen LogP contribution in [-0.4, -0.2) is 38.4 Å². The van der Waals surface area contributed by atoms with Crippen molar-refractivity contribution in [2.75, 3.05) is 7.11 Å². The van der Waals surface area contributed by atoms with Crippen LogP contribution in [0.1, 0.15) is 19.3 Å². The molecule has 110 valence electrons. The second-order valence-electron chi connectivity index (χ2n) is 4.95. The van der Waals surface area contributed by atoms with E-state index in [4.69, 9.17) is 16.3 Å². The Morgan fingerprint density at radius 3 is 2.81 bits per heavy atom. The summed E-state index contributed by atoms with van der Waals surface area (Å²) in [6.45, 7) is 0. The molecule has 0 amide bonds. The predicted molar refractivity (Wildman–Crippen MR) is 74.3 cm³/mol. The Balaban J connectivity index is 2.16. The molecule has 21 heavy (non-hydrogen) atoms. The van der Waals surface area contributed by atoms with Gasteiger partial charge in [0.1, 0.15) is 5.75 Å². The molecule has 1 aliphatic carbocycles. The van der Waals surface area contributed by atoms with E-state index in [0.29, 0.717) is 35.0 Å². The Morgan fingerprint density at radius 2 is 2.24 bits per heavy atom. The van der Waals surface area contributed by atoms with Crippen molar-refractivity contribution in [2.24, 2.45) is 0 Å². The van der Waals surface area contributed by atoms with Gasteiger partial charge in [0.05, 0.1) is 12.7 Å². The summed E-state index contributed by atoms with van der Waals surface area (Å²) in [5.74, 6) is -0.0462. The molecule has 8 heteroatoms. The van der Waals surface area contributed by atoms with Crippen molar-refractivity contribution >= 4 is 17.6 Å². The number of tetrazole rings is 1. The highest BCUT2D eigenvalue weighted by molar-refractivity contribution is 6.30. The lowest BCUT2D eigenvalue weighted by molar-refractivity contribution is -0.153. The number of aromatic nitrogens is 4. The van der Waals surface area contributed by atoms with Crippen LogP contribution in [-0.2, 0) is 10.3 Å². The topological polar surface area (TPSA) is 90.1 Å². The third kappa shape index (κ3) is 2.04. The number of hydrogen-bond donors (Lipinski definition) is 1. The van der Waals surface area contributed by atoms with Crippen LogP contribution in [0.25, 0.3) is 11.4 Å². The number of ether oxygens (including phenoxy) is 1. The molecule has 0 spiro atoms. The molecule has 1 fully saturated rings. The lowest BCUT2D eigenvalue weighted by Crippen LogP contribution is -2.48. The van der Waals surface area contributed by atoms with Crippen molar-refractivity contribution in [1.82, 2.24) is 20.2 Å². The Labute approximate surface area is 125 Å². The van der Waals surface area contributed by atoms with Crippen molar-refractivity contribution in [3.05, 3.63) is 23.2 Å². The molecule has 3 rings (SSSR count). The van der Waals surface area contributed by atoms with Gasteiger partial charge in [-0.15, -0.1) is 5.10 Å². The summed E-state index contributed by atoms with van der Waals surface area (Å²) < 4.78 is 6.66. The molecular formula is C13H13ClN4O3. The average molecular weight is 309 g/mol. The average Bonchev–Trinajstić information content (AvgIpc) is 2.86. The van der Waals surface area contributed by atoms with Crippen LogP contribution < -0.4 is 4.74 Å². The van der Waals surface area contributed by atoms with E-state index in [0.717, 1.165) is 6.42 Å². The number of rotatable bonds is 4. The van der Waals surface area contributed by atoms with Crippen molar-refractivity contribution < 1.29 is 14.6 Å². The minimum atomic E-state index is -1.08. The van der Waals surface area contributed by atoms with Gasteiger partial charge in [-0.05, 0) is 47.9 Å². The number of halogens is 1. The van der Waals surface area contributed by atoms with Crippen molar-refractivity contribution in [3.8, 4) is 17.1 Å². The van der Waals surface area contributed by atoms with Crippen molar-refractivity contribution in [1.29, 1.82) is 0 Å². The molecule has 1 aliphatic rings. The van der Waals surface area contributed by atoms with E-state index in [1.807, 2.05) is 0 Å². The Hall–Kier alpha value is -2.15. The fraction of sp³-hybridized carbons (Fsp3) is 0.385. The highest BCUT2D eigenvalue weighted by Crippen LogP contribution is 2.42. The zero-order valence-electron chi connectivity index (χ0n) is 11.3. The van der Waals surface area contributed by atoms with Gasteiger partial charge >= 0.3 is 5.97 Å². The number of benzene rings is 1. The van der Waals surface area contributed by atoms with Gasteiger partial charge in [0.15, 0.2) is 11.4 Å². The van der Waals surface area contributed by atoms with E-state index in [9.17, 15) is 9.90 Å². The van der Waals surface area contributed by atoms with E-state index < -0.39 is 11.5 Å². The lowest BCUT2D eigenvalue weighted by atomic mass is 9.76. The summed E-state index contributed by atoms with van der Waals surface area (Å²) >= 11 is 6.02. The minimum Gasteiger partial charge on any atom is -0.496 e. The molecule has 2 aromatic rings. The second-order valence-corrected chi connectivity index (χ2v) is 5.39. The number of nitrogens with zero attached hydrogens (tertiary/aromatic N) is 4. The molecule has 0 bridgehead atoms. The molecular weight excluding hydrogens is 296 g/mol. The molecule has 1 N–H and O–H groups in total. The normalized spacial score (nSPS) is 16.3. The Bertz CT molecular complexity index is 696. The summed E-state index contributed by atoms with van der Waals surface area (Å²) in [4.78, 5) is 11.6. The van der Waals surface area contributed by atoms with Gasteiger partial charge in [-0.1, -0.05) is 11.6 Å². The molecule has 1 saturated carbocycles. The second kappa shape index (κ2) is 5.00. The smallest absolute Gasteiger partial charge is 0.331 e. The van der Waals surface area contributed by atoms with E-state index in [1.54, 1.807) is 18.2 Å². The van der Waals surface area contributed by atoms with E-state index in [2.05, 4.69) is 15.5 Å². The SMILES string of the molecule is COc1ccc(Cl)cc1-c1nnnn1C1(C(=O)O)CCC1. The van der Waals surface area contributed by atoms with Crippen LogP contribution in [0.5, 0.6) is 5.75 Å². The molecule has 0 unspecified atom stereocenters. The predicted octanol–water partition coefficient (Wildman–Crippen LogP) is 1.97. The van der Waals surface area contributed by atoms with Crippen LogP contribution in [0, 0.1) is 0 Å². The molecule has 0 aliphatic heterocycles. The van der Waals surface area contributed by atoms with Gasteiger partial charge in [-0.2, -0.15) is 0 Å². The summed E-state index contributed by atoms with van der Waals surface area (Å²) in [5, 5.41) is 21.5. The van der Waals surface area contributed by atoms with Gasteiger partial charge in [-0.25, -0.2) is 9.48 Å². The zero-order chi connectivity index (χ0) is 15.0. The van der Waals surface area contributed by atoms with Crippen LogP contribution in [0.15, 0.2) is 18.2 Å². The van der Waals surface area contributed by atoms with E-state index >= 15 is 0 Å². The molecule has 0 atom stereocenters. The molecule has 0 radical (unpaired) electrons. The number of methoxy groups -OCH3 is 1. The highest BCUT2D eigenvalue weighted by atomic mass is 35.5. The first-order valence-corrected chi connectivity index (χ1v) is 6.82. The third-order valence-corrected chi connectivity index (χ3v) is 4.09. The minimum absolute atomic E-state index is 0.344. The molecule has 7 nitrogen and oxygen atoms in total. The van der Waals surface area contributed by atoms with Gasteiger partial charge in [0, 0.05) is 5.02 Å². The first-order chi connectivity index (χ1) is 10.1. The fourth-order valence-corrected chi connectivity index (χ4v) is 2.70. The number of carboxylic acid groups (broad SMARTS) is 1. The summed E-state index contributed by atoms with van der Waals surface area (Å²) in [7, 11) is 1.52. The van der Waals surface area contributed by atoms with E-state index in [1.165, 1.54) is 11.8 Å². The van der Waals surface area contributed by atoms with Crippen molar-refractivity contribution in [2.45, 2.75) is 24.8 Å². The van der Waals surface area contributed by atoms with Gasteiger partial charge in [-0.3, -0.25) is 0 Å². The van der Waals surface area contributed by atoms with Gasteiger partial charge in [0.25, 0.3) is 0 Å². The first kappa shape index (κ1) is 13.8. The maximum Gasteiger partial charge on any atom is 0.331 e.